The zero-order chi connectivity index (χ0) is 77.4. The van der Waals surface area contributed by atoms with E-state index in [1.165, 1.54) is 61.4 Å². The first-order chi connectivity index (χ1) is 51.8. The van der Waals surface area contributed by atoms with Gasteiger partial charge in [0, 0.05) is 93.7 Å². The molecular weight excluding hydrogens is 1470 g/mol. The molecule has 0 unspecified atom stereocenters. The van der Waals surface area contributed by atoms with Crippen molar-refractivity contribution < 1.29 is 86.1 Å². The van der Waals surface area contributed by atoms with Gasteiger partial charge in [-0.25, -0.2) is 33.7 Å². The Bertz CT molecular complexity index is 4910. The predicted octanol–water partition coefficient (Wildman–Crippen LogP) is 8.84. The van der Waals surface area contributed by atoms with Crippen molar-refractivity contribution in [2.45, 2.75) is 59.6 Å². The standard InChI is InChI=1S/C20H24N2O5S.C20H22N2O5S.C19H20N2O5S.C19H21NO4S/c1-26-13-10-16-6-8-17(9-7-16)20(23)21-18-4-2-3-5-19(18)28(24,25)22-11-14-27-15-12-22;1-15(23)17-8-6-16(7-9-17)14-20(24)21-18-4-2-3-5-19(18)28(25,26)22-10-12-27-13-11-22;1-14(22)15-6-8-16(9-7-15)19(23)20-17-4-2-3-5-18(17)27(24,25)21-10-12-26-13-11-21;1-15-6-8-16(9-7-15)18(21)14-17-4-2-3-5-19(17)25(22,23)20-10-12-24-13-11-20/h2-9H,10-15H2,1H3,(H,21,23);2-9H,10-14H2,1H3,(H,21,24);2-9H,10-13H2,1H3,(H,20,23);2-9H,10-14H2,1H3. The molecule has 0 bridgehead atoms. The van der Waals surface area contributed by atoms with Crippen LogP contribution in [-0.2, 0) is 87.8 Å². The molecule has 0 aliphatic carbocycles. The summed E-state index contributed by atoms with van der Waals surface area (Å²) in [5, 5.41) is 8.09. The van der Waals surface area contributed by atoms with Crippen molar-refractivity contribution in [3.05, 3.63) is 244 Å². The van der Waals surface area contributed by atoms with Crippen LogP contribution in [0.1, 0.15) is 87.9 Å². The van der Waals surface area contributed by atoms with Crippen LogP contribution >= 0.6 is 0 Å². The first-order valence-corrected chi connectivity index (χ1v) is 40.5. The van der Waals surface area contributed by atoms with E-state index in [4.69, 9.17) is 23.7 Å². The first-order valence-electron chi connectivity index (χ1n) is 34.8. The molecule has 8 aromatic rings. The second-order valence-electron chi connectivity index (χ2n) is 25.1. The summed E-state index contributed by atoms with van der Waals surface area (Å²) in [5.41, 5.74) is 6.58. The molecule has 4 saturated heterocycles. The number of amides is 3. The number of nitrogens with one attached hydrogen (secondary N) is 3. The van der Waals surface area contributed by atoms with Crippen LogP contribution in [0.4, 0.5) is 17.1 Å². The number of morpholine rings is 4. The fourth-order valence-corrected chi connectivity index (χ4v) is 17.8. The van der Waals surface area contributed by atoms with E-state index in [1.807, 2.05) is 31.2 Å². The zero-order valence-electron chi connectivity index (χ0n) is 60.3. The van der Waals surface area contributed by atoms with Gasteiger partial charge in [-0.05, 0) is 111 Å². The smallest absolute Gasteiger partial charge is 0.255 e. The fourth-order valence-electron chi connectivity index (χ4n) is 11.5. The number of anilines is 3. The minimum absolute atomic E-state index is 0.0422. The maximum atomic E-state index is 13.0. The fraction of sp³-hybridized carbons (Fsp3) is 0.308. The third kappa shape index (κ3) is 22.4. The van der Waals surface area contributed by atoms with Gasteiger partial charge in [0.1, 0.15) is 14.7 Å². The van der Waals surface area contributed by atoms with Crippen LogP contribution in [0.15, 0.2) is 214 Å². The average Bonchev–Trinajstić information content (AvgIpc) is 0.806. The van der Waals surface area contributed by atoms with Gasteiger partial charge in [0.05, 0.1) is 87.8 Å². The van der Waals surface area contributed by atoms with E-state index in [9.17, 15) is 62.4 Å². The summed E-state index contributed by atoms with van der Waals surface area (Å²) in [5.74, 6) is -1.37. The van der Waals surface area contributed by atoms with Crippen LogP contribution in [0.25, 0.3) is 0 Å². The van der Waals surface area contributed by atoms with Gasteiger partial charge in [0.2, 0.25) is 46.0 Å². The maximum absolute atomic E-state index is 13.0. The van der Waals surface area contributed by atoms with Crippen LogP contribution < -0.4 is 16.0 Å². The van der Waals surface area contributed by atoms with E-state index >= 15 is 0 Å². The van der Waals surface area contributed by atoms with Crippen molar-refractivity contribution in [1.82, 2.24) is 17.2 Å². The lowest BCUT2D eigenvalue weighted by molar-refractivity contribution is -0.115. The van der Waals surface area contributed by atoms with Crippen LogP contribution in [0.3, 0.4) is 0 Å². The Morgan fingerprint density at radius 3 is 1.05 bits per heavy atom. The van der Waals surface area contributed by atoms with Crippen molar-refractivity contribution in [3.8, 4) is 0 Å². The number of sulfonamides is 4. The molecule has 3 N–H and O–H groups in total. The SMILES string of the molecule is CC(=O)c1ccc(C(=O)Nc2ccccc2S(=O)(=O)N2CCOCC2)cc1.CC(=O)c1ccc(CC(=O)Nc2ccccc2S(=O)(=O)N2CCOCC2)cc1.COCCc1ccc(C(=O)Nc2ccccc2S(=O)(=O)N2CCOCC2)cc1.Cc1ccc(C(=O)Cc2ccccc2S(=O)(=O)N2CCOCC2)cc1. The van der Waals surface area contributed by atoms with E-state index in [2.05, 4.69) is 16.0 Å². The van der Waals surface area contributed by atoms with Gasteiger partial charge >= 0.3 is 0 Å². The Morgan fingerprint density at radius 1 is 0.361 bits per heavy atom. The van der Waals surface area contributed by atoms with Crippen LogP contribution in [-0.4, -0.2) is 205 Å². The Morgan fingerprint density at radius 2 is 0.667 bits per heavy atom. The monoisotopic (exact) mass is 1550 g/mol. The Labute approximate surface area is 630 Å². The minimum atomic E-state index is -3.74. The molecule has 8 aromatic carbocycles. The van der Waals surface area contributed by atoms with E-state index in [-0.39, 0.29) is 105 Å². The zero-order valence-corrected chi connectivity index (χ0v) is 63.6. The molecule has 4 fully saturated rings. The summed E-state index contributed by atoms with van der Waals surface area (Å²) in [7, 11) is -13.2. The number of para-hydroxylation sites is 3. The lowest BCUT2D eigenvalue weighted by Crippen LogP contribution is -2.41. The van der Waals surface area contributed by atoms with Gasteiger partial charge in [-0.1, -0.05) is 133 Å². The molecule has 3 amide bonds. The summed E-state index contributed by atoms with van der Waals surface area (Å²) >= 11 is 0. The third-order valence-corrected chi connectivity index (χ3v) is 25.4. The lowest BCUT2D eigenvalue weighted by Gasteiger charge is -2.27. The second-order valence-corrected chi connectivity index (χ2v) is 32.7. The Hall–Kier alpha value is -9.38. The molecule has 0 radical (unpaired) electrons. The van der Waals surface area contributed by atoms with E-state index in [0.29, 0.717) is 119 Å². The number of carbonyl (C=O) groups is 6. The normalized spacial score (nSPS) is 15.4. The molecule has 0 saturated carbocycles. The average molecular weight is 1550 g/mol. The first kappa shape index (κ1) is 82.7. The summed E-state index contributed by atoms with van der Waals surface area (Å²) in [6.07, 6.45) is 0.895. The molecule has 572 valence electrons. The largest absolute Gasteiger partial charge is 0.384 e. The Kier molecular flexibility index (Phi) is 29.9. The van der Waals surface area contributed by atoms with Crippen LogP contribution in [0.2, 0.25) is 0 Å². The molecule has 0 spiro atoms. The molecule has 26 nitrogen and oxygen atoms in total. The highest BCUT2D eigenvalue weighted by Gasteiger charge is 2.33. The number of ketones is 3. The van der Waals surface area contributed by atoms with Gasteiger partial charge in [0.15, 0.2) is 17.3 Å². The highest BCUT2D eigenvalue weighted by Crippen LogP contribution is 2.30. The summed E-state index contributed by atoms with van der Waals surface area (Å²) in [6, 6.07) is 53.3. The summed E-state index contributed by atoms with van der Waals surface area (Å²) in [6.45, 7) is 10.8. The summed E-state index contributed by atoms with van der Waals surface area (Å²) in [4.78, 5) is 73.2. The Balaban J connectivity index is 0.000000166. The minimum Gasteiger partial charge on any atom is -0.384 e. The predicted molar refractivity (Wildman–Crippen MR) is 406 cm³/mol. The number of nitrogens with zero attached hydrogens (tertiary/aromatic N) is 4. The van der Waals surface area contributed by atoms with Gasteiger partial charge in [-0.15, -0.1) is 0 Å². The van der Waals surface area contributed by atoms with Gasteiger partial charge in [-0.2, -0.15) is 17.2 Å². The summed E-state index contributed by atoms with van der Waals surface area (Å²) < 4.78 is 135. The van der Waals surface area contributed by atoms with E-state index in [1.54, 1.807) is 147 Å². The quantitative estimate of drug-likeness (QED) is 0.0503. The molecule has 0 atom stereocenters. The van der Waals surface area contributed by atoms with E-state index < -0.39 is 46.0 Å². The van der Waals surface area contributed by atoms with Crippen LogP contribution in [0.5, 0.6) is 0 Å². The highest BCUT2D eigenvalue weighted by atomic mass is 32.2. The number of methoxy groups -OCH3 is 1. The number of ether oxygens (including phenoxy) is 5. The topological polar surface area (TPSA) is 334 Å². The van der Waals surface area contributed by atoms with Crippen molar-refractivity contribution in [3.63, 3.8) is 0 Å². The molecule has 4 aliphatic heterocycles. The van der Waals surface area contributed by atoms with Crippen molar-refractivity contribution >= 4 is 92.2 Å². The molecule has 30 heteroatoms. The number of hydrogen-bond donors (Lipinski definition) is 3. The molecule has 108 heavy (non-hydrogen) atoms. The van der Waals surface area contributed by atoms with Gasteiger partial charge < -0.3 is 39.6 Å². The molecule has 4 aliphatic rings. The van der Waals surface area contributed by atoms with Crippen molar-refractivity contribution in [2.24, 2.45) is 0 Å². The molecule has 4 heterocycles. The number of benzene rings is 8. The number of carbonyl (C=O) groups excluding carboxylic acids is 6. The highest BCUT2D eigenvalue weighted by molar-refractivity contribution is 7.90. The molecule has 0 aromatic heterocycles. The number of hydrogen-bond acceptors (Lipinski definition) is 19. The maximum Gasteiger partial charge on any atom is 0.255 e. The lowest BCUT2D eigenvalue weighted by atomic mass is 10.0. The molecular formula is C78H87N7O19S4. The number of aryl methyl sites for hydroxylation is 1. The number of rotatable bonds is 23. The van der Waals surface area contributed by atoms with E-state index in [0.717, 1.165) is 23.1 Å². The third-order valence-electron chi connectivity index (χ3n) is 17.6. The van der Waals surface area contributed by atoms with Gasteiger partial charge in [0.25, 0.3) is 11.8 Å². The van der Waals surface area contributed by atoms with Gasteiger partial charge in [-0.3, -0.25) is 28.8 Å². The number of Topliss-reactive ketones (excluding diaryl/α,β-unsaturated/α-hetero) is 3. The molecule has 12 rings (SSSR count). The second kappa shape index (κ2) is 39.1. The van der Waals surface area contributed by atoms with Crippen LogP contribution in [0, 0.1) is 6.92 Å². The van der Waals surface area contributed by atoms with Crippen molar-refractivity contribution in [1.29, 1.82) is 0 Å². The van der Waals surface area contributed by atoms with Crippen molar-refractivity contribution in [2.75, 3.05) is 135 Å².